The number of allylic oxidation sites excluding steroid dienone is 2. The maximum absolute atomic E-state index is 5.55. The molecule has 2 aromatic rings. The number of nitrogens with zero attached hydrogens (tertiary/aromatic N) is 1. The highest BCUT2D eigenvalue weighted by atomic mass is 32.2. The van der Waals surface area contributed by atoms with Crippen molar-refractivity contribution in [1.29, 1.82) is 0 Å². The summed E-state index contributed by atoms with van der Waals surface area (Å²) < 4.78 is 5.55. The largest absolute Gasteiger partial charge is 0.472 e. The minimum atomic E-state index is 0.614. The standard InChI is InChI=1S/C18H16N2OS2/c1-2-12(10-16-19-13-6-3-4-7-14(13)22-16)11-17-20-18-15(23-17)8-5-9-21-18/h3-8,10-11,19H,2,9H2,1H3. The van der Waals surface area contributed by atoms with Crippen molar-refractivity contribution in [1.82, 2.24) is 4.98 Å². The molecule has 0 atom stereocenters. The Hall–Kier alpha value is -1.98. The molecule has 2 aliphatic rings. The van der Waals surface area contributed by atoms with Crippen LogP contribution in [0.3, 0.4) is 0 Å². The third-order valence-corrected chi connectivity index (χ3v) is 5.59. The predicted molar refractivity (Wildman–Crippen MR) is 98.9 cm³/mol. The molecule has 2 aliphatic heterocycles. The number of hydrogen-bond acceptors (Lipinski definition) is 5. The van der Waals surface area contributed by atoms with Gasteiger partial charge in [-0.3, -0.25) is 0 Å². The number of ether oxygens (including phenoxy) is 1. The van der Waals surface area contributed by atoms with E-state index in [0.29, 0.717) is 6.61 Å². The molecular formula is C18H16N2OS2. The van der Waals surface area contributed by atoms with E-state index in [0.717, 1.165) is 27.2 Å². The normalized spacial score (nSPS) is 17.6. The lowest BCUT2D eigenvalue weighted by molar-refractivity contribution is 0.346. The van der Waals surface area contributed by atoms with Crippen LogP contribution in [0, 0.1) is 0 Å². The molecule has 0 saturated heterocycles. The third kappa shape index (κ3) is 3.07. The zero-order chi connectivity index (χ0) is 15.6. The smallest absolute Gasteiger partial charge is 0.232 e. The van der Waals surface area contributed by atoms with Crippen molar-refractivity contribution in [2.24, 2.45) is 0 Å². The fourth-order valence-corrected chi connectivity index (χ4v) is 4.37. The molecule has 0 saturated carbocycles. The lowest BCUT2D eigenvalue weighted by Gasteiger charge is -2.03. The van der Waals surface area contributed by atoms with E-state index in [4.69, 9.17) is 4.74 Å². The molecule has 1 N–H and O–H groups in total. The first-order valence-corrected chi connectivity index (χ1v) is 9.21. The van der Waals surface area contributed by atoms with E-state index in [2.05, 4.69) is 59.7 Å². The summed E-state index contributed by atoms with van der Waals surface area (Å²) in [6, 6.07) is 8.37. The van der Waals surface area contributed by atoms with E-state index in [9.17, 15) is 0 Å². The Bertz CT molecular complexity index is 806. The fraction of sp³-hybridized carbons (Fsp3) is 0.167. The first kappa shape index (κ1) is 14.6. The Balaban J connectivity index is 1.59. The van der Waals surface area contributed by atoms with Crippen molar-refractivity contribution >= 4 is 40.9 Å². The van der Waals surface area contributed by atoms with Crippen LogP contribution in [0.1, 0.15) is 23.2 Å². The maximum atomic E-state index is 5.55. The highest BCUT2D eigenvalue weighted by Gasteiger charge is 2.15. The highest BCUT2D eigenvalue weighted by Crippen LogP contribution is 2.41. The monoisotopic (exact) mass is 340 g/mol. The third-order valence-electron chi connectivity index (χ3n) is 3.62. The van der Waals surface area contributed by atoms with E-state index in [1.807, 2.05) is 6.08 Å². The van der Waals surface area contributed by atoms with Gasteiger partial charge in [0.15, 0.2) is 0 Å². The Kier molecular flexibility index (Phi) is 3.97. The number of hydrogen-bond donors (Lipinski definition) is 1. The molecule has 3 nitrogen and oxygen atoms in total. The number of nitrogens with one attached hydrogen (secondary N) is 1. The Morgan fingerprint density at radius 1 is 1.39 bits per heavy atom. The van der Waals surface area contributed by atoms with Gasteiger partial charge < -0.3 is 10.1 Å². The van der Waals surface area contributed by atoms with Crippen molar-refractivity contribution in [2.75, 3.05) is 11.9 Å². The van der Waals surface area contributed by atoms with Gasteiger partial charge in [0, 0.05) is 4.90 Å². The molecule has 0 spiro atoms. The van der Waals surface area contributed by atoms with Crippen LogP contribution in [-0.2, 0) is 0 Å². The van der Waals surface area contributed by atoms with Crippen LogP contribution in [0.15, 0.2) is 51.9 Å². The number of thioether (sulfide) groups is 1. The van der Waals surface area contributed by atoms with Crippen molar-refractivity contribution < 1.29 is 4.74 Å². The van der Waals surface area contributed by atoms with Gasteiger partial charge in [-0.2, -0.15) is 0 Å². The molecule has 0 radical (unpaired) electrons. The number of aromatic nitrogens is 1. The molecule has 1 aromatic carbocycles. The highest BCUT2D eigenvalue weighted by molar-refractivity contribution is 8.03. The lowest BCUT2D eigenvalue weighted by atomic mass is 10.2. The van der Waals surface area contributed by atoms with Gasteiger partial charge in [-0.1, -0.05) is 30.8 Å². The molecular weight excluding hydrogens is 324 g/mol. The molecule has 3 heterocycles. The van der Waals surface area contributed by atoms with Gasteiger partial charge in [-0.15, -0.1) is 11.3 Å². The van der Waals surface area contributed by atoms with Gasteiger partial charge in [0.05, 0.1) is 15.6 Å². The molecule has 0 amide bonds. The molecule has 0 aliphatic carbocycles. The number of anilines is 1. The van der Waals surface area contributed by atoms with Crippen LogP contribution in [0.4, 0.5) is 5.69 Å². The molecule has 0 unspecified atom stereocenters. The molecule has 0 fully saturated rings. The minimum Gasteiger partial charge on any atom is -0.472 e. The predicted octanol–water partition coefficient (Wildman–Crippen LogP) is 5.40. The second-order valence-electron chi connectivity index (χ2n) is 5.24. The molecule has 1 aromatic heterocycles. The lowest BCUT2D eigenvalue weighted by Crippen LogP contribution is -1.98. The van der Waals surface area contributed by atoms with Crippen molar-refractivity contribution in [3.8, 4) is 5.88 Å². The van der Waals surface area contributed by atoms with Gasteiger partial charge in [0.2, 0.25) is 5.88 Å². The quantitative estimate of drug-likeness (QED) is 0.811. The average Bonchev–Trinajstić information content (AvgIpc) is 3.16. The van der Waals surface area contributed by atoms with Crippen LogP contribution >= 0.6 is 23.1 Å². The second-order valence-corrected chi connectivity index (χ2v) is 7.39. The number of benzene rings is 1. The van der Waals surface area contributed by atoms with Crippen molar-refractivity contribution in [3.63, 3.8) is 0 Å². The zero-order valence-corrected chi connectivity index (χ0v) is 14.3. The van der Waals surface area contributed by atoms with Gasteiger partial charge in [-0.25, -0.2) is 4.98 Å². The van der Waals surface area contributed by atoms with Gasteiger partial charge in [-0.05, 0) is 48.4 Å². The fourth-order valence-electron chi connectivity index (χ4n) is 2.46. The van der Waals surface area contributed by atoms with Gasteiger partial charge in [0.1, 0.15) is 11.6 Å². The second kappa shape index (κ2) is 6.26. The van der Waals surface area contributed by atoms with E-state index < -0.39 is 0 Å². The van der Waals surface area contributed by atoms with Crippen LogP contribution in [0.2, 0.25) is 0 Å². The van der Waals surface area contributed by atoms with Gasteiger partial charge >= 0.3 is 0 Å². The number of rotatable bonds is 3. The maximum Gasteiger partial charge on any atom is 0.232 e. The topological polar surface area (TPSA) is 34.1 Å². The Morgan fingerprint density at radius 3 is 3.13 bits per heavy atom. The average molecular weight is 340 g/mol. The Morgan fingerprint density at radius 2 is 2.30 bits per heavy atom. The SMILES string of the molecule is CCC(=Cc1nc2c(s1)C=CCO2)C=C1Nc2ccccc2S1. The van der Waals surface area contributed by atoms with Crippen LogP contribution < -0.4 is 10.1 Å². The Labute approximate surface area is 143 Å². The summed E-state index contributed by atoms with van der Waals surface area (Å²) in [5, 5.41) is 5.62. The summed E-state index contributed by atoms with van der Waals surface area (Å²) in [7, 11) is 0. The number of para-hydroxylation sites is 1. The number of thiazole rings is 1. The zero-order valence-electron chi connectivity index (χ0n) is 12.7. The number of fused-ring (bicyclic) bond motifs is 2. The first-order valence-electron chi connectivity index (χ1n) is 7.58. The summed E-state index contributed by atoms with van der Waals surface area (Å²) in [4.78, 5) is 6.94. The van der Waals surface area contributed by atoms with Gasteiger partial charge in [0.25, 0.3) is 0 Å². The summed E-state index contributed by atoms with van der Waals surface area (Å²) in [6.45, 7) is 2.78. The summed E-state index contributed by atoms with van der Waals surface area (Å²) in [5.74, 6) is 0.757. The first-order chi connectivity index (χ1) is 11.3. The van der Waals surface area contributed by atoms with Crippen LogP contribution in [0.25, 0.3) is 12.2 Å². The molecule has 116 valence electrons. The summed E-state index contributed by atoms with van der Waals surface area (Å²) in [5.41, 5.74) is 2.44. The summed E-state index contributed by atoms with van der Waals surface area (Å²) in [6.07, 6.45) is 9.43. The van der Waals surface area contributed by atoms with Crippen LogP contribution in [-0.4, -0.2) is 11.6 Å². The summed E-state index contributed by atoms with van der Waals surface area (Å²) >= 11 is 3.44. The van der Waals surface area contributed by atoms with E-state index in [1.54, 1.807) is 23.1 Å². The van der Waals surface area contributed by atoms with Crippen LogP contribution in [0.5, 0.6) is 5.88 Å². The minimum absolute atomic E-state index is 0.614. The van der Waals surface area contributed by atoms with Crippen molar-refractivity contribution in [2.45, 2.75) is 18.2 Å². The van der Waals surface area contributed by atoms with Crippen molar-refractivity contribution in [3.05, 3.63) is 56.9 Å². The molecule has 23 heavy (non-hydrogen) atoms. The molecule has 5 heteroatoms. The molecule has 0 bridgehead atoms. The van der Waals surface area contributed by atoms with E-state index in [-0.39, 0.29) is 0 Å². The van der Waals surface area contributed by atoms with E-state index in [1.165, 1.54) is 16.2 Å². The molecule has 4 rings (SSSR count). The van der Waals surface area contributed by atoms with E-state index >= 15 is 0 Å².